The Kier molecular flexibility index (Phi) is 2.68. The minimum absolute atomic E-state index is 0.276. The summed E-state index contributed by atoms with van der Waals surface area (Å²) in [4.78, 5) is 0. The zero-order chi connectivity index (χ0) is 9.97. The van der Waals surface area contributed by atoms with E-state index in [4.69, 9.17) is 10.5 Å². The Labute approximate surface area is 82.9 Å². The Balaban J connectivity index is 2.11. The first kappa shape index (κ1) is 9.46. The number of halogens is 1. The van der Waals surface area contributed by atoms with Crippen LogP contribution >= 0.6 is 0 Å². The molecule has 1 aromatic carbocycles. The van der Waals surface area contributed by atoms with Crippen LogP contribution < -0.4 is 10.5 Å². The SMILES string of the molecule is NCc1cc(F)cc(OC2CCC2)c1. The summed E-state index contributed by atoms with van der Waals surface area (Å²) in [5.74, 6) is 0.331. The van der Waals surface area contributed by atoms with Gasteiger partial charge in [0.2, 0.25) is 0 Å². The van der Waals surface area contributed by atoms with Crippen molar-refractivity contribution >= 4 is 0 Å². The maximum absolute atomic E-state index is 13.1. The summed E-state index contributed by atoms with van der Waals surface area (Å²) >= 11 is 0. The molecule has 0 aromatic heterocycles. The van der Waals surface area contributed by atoms with Gasteiger partial charge in [-0.25, -0.2) is 4.39 Å². The Hall–Kier alpha value is -1.09. The molecule has 1 aliphatic carbocycles. The highest BCUT2D eigenvalue weighted by Gasteiger charge is 2.19. The molecule has 2 nitrogen and oxygen atoms in total. The molecule has 2 rings (SSSR count). The lowest BCUT2D eigenvalue weighted by atomic mass is 9.96. The van der Waals surface area contributed by atoms with Crippen molar-refractivity contribution in [2.24, 2.45) is 5.73 Å². The maximum atomic E-state index is 13.1. The van der Waals surface area contributed by atoms with Crippen molar-refractivity contribution in [1.29, 1.82) is 0 Å². The maximum Gasteiger partial charge on any atom is 0.127 e. The van der Waals surface area contributed by atoms with E-state index in [0.717, 1.165) is 18.4 Å². The summed E-state index contributed by atoms with van der Waals surface area (Å²) in [5.41, 5.74) is 6.22. The third kappa shape index (κ3) is 2.04. The molecule has 0 radical (unpaired) electrons. The monoisotopic (exact) mass is 195 g/mol. The molecule has 1 aliphatic rings. The molecule has 1 fully saturated rings. The average molecular weight is 195 g/mol. The first-order valence-corrected chi connectivity index (χ1v) is 4.94. The van der Waals surface area contributed by atoms with Crippen LogP contribution in [0.15, 0.2) is 18.2 Å². The van der Waals surface area contributed by atoms with Crippen LogP contribution in [0.4, 0.5) is 4.39 Å². The van der Waals surface area contributed by atoms with Gasteiger partial charge < -0.3 is 10.5 Å². The molecule has 0 amide bonds. The van der Waals surface area contributed by atoms with Crippen LogP contribution in [0.5, 0.6) is 5.75 Å². The van der Waals surface area contributed by atoms with Gasteiger partial charge in [0.05, 0.1) is 6.10 Å². The second-order valence-electron chi connectivity index (χ2n) is 3.67. The number of nitrogens with two attached hydrogens (primary N) is 1. The van der Waals surface area contributed by atoms with Crippen molar-refractivity contribution in [3.8, 4) is 5.75 Å². The lowest BCUT2D eigenvalue weighted by Crippen LogP contribution is -2.24. The van der Waals surface area contributed by atoms with Gasteiger partial charge in [-0.05, 0) is 37.0 Å². The fourth-order valence-corrected chi connectivity index (χ4v) is 1.49. The van der Waals surface area contributed by atoms with Crippen molar-refractivity contribution in [2.75, 3.05) is 0 Å². The molecule has 76 valence electrons. The summed E-state index contributed by atoms with van der Waals surface area (Å²) < 4.78 is 18.6. The van der Waals surface area contributed by atoms with Crippen molar-refractivity contribution in [1.82, 2.24) is 0 Å². The number of hydrogen-bond donors (Lipinski definition) is 1. The van der Waals surface area contributed by atoms with E-state index in [9.17, 15) is 4.39 Å². The van der Waals surface area contributed by atoms with Gasteiger partial charge >= 0.3 is 0 Å². The molecular formula is C11H14FNO. The van der Waals surface area contributed by atoms with E-state index in [0.29, 0.717) is 12.3 Å². The highest BCUT2D eigenvalue weighted by atomic mass is 19.1. The molecule has 0 spiro atoms. The number of ether oxygens (including phenoxy) is 1. The van der Waals surface area contributed by atoms with Crippen LogP contribution in [0.3, 0.4) is 0 Å². The quantitative estimate of drug-likeness (QED) is 0.802. The van der Waals surface area contributed by atoms with Crippen molar-refractivity contribution in [2.45, 2.75) is 31.9 Å². The van der Waals surface area contributed by atoms with Gasteiger partial charge in [-0.3, -0.25) is 0 Å². The Morgan fingerprint density at radius 3 is 2.71 bits per heavy atom. The Morgan fingerprint density at radius 1 is 1.36 bits per heavy atom. The first-order chi connectivity index (χ1) is 6.78. The highest BCUT2D eigenvalue weighted by Crippen LogP contribution is 2.26. The largest absolute Gasteiger partial charge is 0.490 e. The summed E-state index contributed by atoms with van der Waals surface area (Å²) in [5, 5.41) is 0. The van der Waals surface area contributed by atoms with Gasteiger partial charge in [0.25, 0.3) is 0 Å². The third-order valence-electron chi connectivity index (χ3n) is 2.52. The van der Waals surface area contributed by atoms with Crippen LogP contribution in [0.2, 0.25) is 0 Å². The minimum atomic E-state index is -0.276. The summed E-state index contributed by atoms with van der Waals surface area (Å²) in [7, 11) is 0. The molecule has 1 saturated carbocycles. The van der Waals surface area contributed by atoms with Crippen molar-refractivity contribution in [3.05, 3.63) is 29.6 Å². The van der Waals surface area contributed by atoms with E-state index in [1.807, 2.05) is 0 Å². The average Bonchev–Trinajstić information content (AvgIpc) is 2.10. The predicted octanol–water partition coefficient (Wildman–Crippen LogP) is 2.22. The first-order valence-electron chi connectivity index (χ1n) is 4.94. The van der Waals surface area contributed by atoms with E-state index >= 15 is 0 Å². The Bertz CT molecular complexity index is 323. The lowest BCUT2D eigenvalue weighted by Gasteiger charge is -2.26. The minimum Gasteiger partial charge on any atom is -0.490 e. The van der Waals surface area contributed by atoms with Crippen molar-refractivity contribution in [3.63, 3.8) is 0 Å². The van der Waals surface area contributed by atoms with Crippen LogP contribution in [0.25, 0.3) is 0 Å². The van der Waals surface area contributed by atoms with Gasteiger partial charge in [0.1, 0.15) is 11.6 Å². The van der Waals surface area contributed by atoms with Crippen LogP contribution in [-0.4, -0.2) is 6.10 Å². The zero-order valence-electron chi connectivity index (χ0n) is 8.00. The van der Waals surface area contributed by atoms with E-state index in [-0.39, 0.29) is 11.9 Å². The van der Waals surface area contributed by atoms with Gasteiger partial charge in [-0.1, -0.05) is 0 Å². The normalized spacial score (nSPS) is 16.4. The smallest absolute Gasteiger partial charge is 0.127 e. The highest BCUT2D eigenvalue weighted by molar-refractivity contribution is 5.29. The second kappa shape index (κ2) is 3.96. The van der Waals surface area contributed by atoms with Gasteiger partial charge in [0, 0.05) is 12.6 Å². The fourth-order valence-electron chi connectivity index (χ4n) is 1.49. The zero-order valence-corrected chi connectivity index (χ0v) is 8.00. The third-order valence-corrected chi connectivity index (χ3v) is 2.52. The van der Waals surface area contributed by atoms with Gasteiger partial charge in [-0.15, -0.1) is 0 Å². The lowest BCUT2D eigenvalue weighted by molar-refractivity contribution is 0.120. The molecule has 0 bridgehead atoms. The molecule has 2 N–H and O–H groups in total. The molecule has 14 heavy (non-hydrogen) atoms. The topological polar surface area (TPSA) is 35.2 Å². The van der Waals surface area contributed by atoms with Crippen LogP contribution in [-0.2, 0) is 6.54 Å². The second-order valence-corrected chi connectivity index (χ2v) is 3.67. The molecule has 0 atom stereocenters. The van der Waals surface area contributed by atoms with E-state index in [1.54, 1.807) is 6.07 Å². The molecule has 1 aromatic rings. The number of hydrogen-bond acceptors (Lipinski definition) is 2. The Morgan fingerprint density at radius 2 is 2.14 bits per heavy atom. The summed E-state index contributed by atoms with van der Waals surface area (Å²) in [6.45, 7) is 0.346. The molecular weight excluding hydrogens is 181 g/mol. The number of rotatable bonds is 3. The number of benzene rings is 1. The van der Waals surface area contributed by atoms with E-state index in [1.165, 1.54) is 18.6 Å². The summed E-state index contributed by atoms with van der Waals surface area (Å²) in [6.07, 6.45) is 3.65. The van der Waals surface area contributed by atoms with Gasteiger partial charge in [-0.2, -0.15) is 0 Å². The molecule has 0 saturated heterocycles. The molecule has 0 heterocycles. The molecule has 0 aliphatic heterocycles. The summed E-state index contributed by atoms with van der Waals surface area (Å²) in [6, 6.07) is 4.66. The standard InChI is InChI=1S/C11H14FNO/c12-9-4-8(7-13)5-11(6-9)14-10-2-1-3-10/h4-6,10H,1-3,7,13H2. The van der Waals surface area contributed by atoms with E-state index in [2.05, 4.69) is 0 Å². The van der Waals surface area contributed by atoms with Crippen LogP contribution in [0.1, 0.15) is 24.8 Å². The predicted molar refractivity (Wildman–Crippen MR) is 52.6 cm³/mol. The van der Waals surface area contributed by atoms with Gasteiger partial charge in [0.15, 0.2) is 0 Å². The van der Waals surface area contributed by atoms with Crippen molar-refractivity contribution < 1.29 is 9.13 Å². The molecule has 3 heteroatoms. The van der Waals surface area contributed by atoms with Crippen LogP contribution in [0, 0.1) is 5.82 Å². The van der Waals surface area contributed by atoms with E-state index < -0.39 is 0 Å². The molecule has 0 unspecified atom stereocenters. The fraction of sp³-hybridized carbons (Fsp3) is 0.455.